The van der Waals surface area contributed by atoms with Gasteiger partial charge in [0.15, 0.2) is 5.17 Å². The molecule has 2 atom stereocenters. The average Bonchev–Trinajstić information content (AvgIpc) is 3.31. The number of nitrogens with one attached hydrogen (secondary N) is 1. The number of aromatic nitrogens is 3. The summed E-state index contributed by atoms with van der Waals surface area (Å²) in [5.74, 6) is 0.861. The van der Waals surface area contributed by atoms with E-state index in [4.69, 9.17) is 10.5 Å². The van der Waals surface area contributed by atoms with Crippen molar-refractivity contribution in [3.8, 4) is 0 Å². The molecule has 4 heterocycles. The lowest BCUT2D eigenvalue weighted by Crippen LogP contribution is -2.47. The zero-order valence-electron chi connectivity index (χ0n) is 14.0. The average molecular weight is 414 g/mol. The number of carbonyl (C=O) groups excluding carboxylic acids is 1. The Hall–Kier alpha value is -2.05. The number of rotatable bonds is 4. The fourth-order valence-electron chi connectivity index (χ4n) is 3.13. The summed E-state index contributed by atoms with van der Waals surface area (Å²) in [5.41, 5.74) is 5.34. The highest BCUT2D eigenvalue weighted by atomic mass is 32.2. The summed E-state index contributed by atoms with van der Waals surface area (Å²) in [4.78, 5) is 21.4. The summed E-state index contributed by atoms with van der Waals surface area (Å²) in [5, 5.41) is 8.97. The number of amidine groups is 1. The summed E-state index contributed by atoms with van der Waals surface area (Å²) in [6.45, 7) is -1.74. The molecular formula is C15H16F2N6O2S2. The van der Waals surface area contributed by atoms with Crippen LogP contribution < -0.4 is 11.1 Å². The van der Waals surface area contributed by atoms with Gasteiger partial charge in [0.1, 0.15) is 16.4 Å². The number of hydrogen-bond donors (Lipinski definition) is 2. The van der Waals surface area contributed by atoms with Gasteiger partial charge in [-0.3, -0.25) is 4.79 Å². The van der Waals surface area contributed by atoms with Gasteiger partial charge in [-0.1, -0.05) is 11.8 Å². The molecule has 2 unspecified atom stereocenters. The topological polar surface area (TPSA) is 107 Å². The van der Waals surface area contributed by atoms with Crippen molar-refractivity contribution in [2.24, 2.45) is 16.6 Å². The fraction of sp³-hybridized carbons (Fsp3) is 0.467. The van der Waals surface area contributed by atoms with Crippen LogP contribution in [-0.4, -0.2) is 44.8 Å². The van der Waals surface area contributed by atoms with Crippen LogP contribution in [0.15, 0.2) is 22.8 Å². The van der Waals surface area contributed by atoms with Crippen molar-refractivity contribution in [1.29, 1.82) is 0 Å². The first-order chi connectivity index (χ1) is 13.0. The maximum Gasteiger partial charge on any atom is 0.333 e. The monoisotopic (exact) mass is 414 g/mol. The third kappa shape index (κ3) is 3.44. The fourth-order valence-corrected chi connectivity index (χ4v) is 5.14. The van der Waals surface area contributed by atoms with Gasteiger partial charge < -0.3 is 15.8 Å². The van der Waals surface area contributed by atoms with Crippen molar-refractivity contribution >= 4 is 40.0 Å². The third-order valence-corrected chi connectivity index (χ3v) is 6.50. The van der Waals surface area contributed by atoms with E-state index in [-0.39, 0.29) is 11.5 Å². The Balaban J connectivity index is 1.55. The Morgan fingerprint density at radius 3 is 3.15 bits per heavy atom. The minimum atomic E-state index is -2.80. The highest BCUT2D eigenvalue weighted by Crippen LogP contribution is 2.45. The number of carbonyl (C=O) groups is 1. The first-order valence-corrected chi connectivity index (χ1v) is 10.00. The molecule has 0 aliphatic carbocycles. The number of aliphatic imine (C=N–C) groups is 1. The van der Waals surface area contributed by atoms with Gasteiger partial charge in [-0.15, -0.1) is 11.3 Å². The van der Waals surface area contributed by atoms with E-state index in [1.54, 1.807) is 5.38 Å². The van der Waals surface area contributed by atoms with Gasteiger partial charge in [0.05, 0.1) is 18.4 Å². The minimum absolute atomic E-state index is 0.0261. The van der Waals surface area contributed by atoms with Crippen LogP contribution in [-0.2, 0) is 10.3 Å². The minimum Gasteiger partial charge on any atom is -0.379 e. The molecule has 0 radical (unpaired) electrons. The third-order valence-electron chi connectivity index (χ3n) is 4.53. The molecule has 2 aromatic heterocycles. The number of ether oxygens (including phenoxy) is 1. The highest BCUT2D eigenvalue weighted by Gasteiger charge is 2.47. The molecule has 8 nitrogen and oxygen atoms in total. The van der Waals surface area contributed by atoms with E-state index in [2.05, 4.69) is 20.4 Å². The molecule has 1 amide bonds. The van der Waals surface area contributed by atoms with Gasteiger partial charge in [-0.25, -0.2) is 14.7 Å². The number of nitrogens with two attached hydrogens (primary N) is 1. The van der Waals surface area contributed by atoms with Crippen molar-refractivity contribution in [2.75, 3.05) is 24.3 Å². The lowest BCUT2D eigenvalue weighted by atomic mass is 9.82. The van der Waals surface area contributed by atoms with Crippen LogP contribution in [0.2, 0.25) is 0 Å². The quantitative estimate of drug-likeness (QED) is 0.795. The standard InChI is InChI=1S/C15H16F2N6O2S2/c16-13(17)23-4-8(3-19-23)11(24)20-10-6-26-12(21-10)15-7-25-2-1-9(15)5-27-14(18)22-15/h3-4,6,9,13H,1-2,5,7H2,(H2,18,22)(H,20,24). The maximum absolute atomic E-state index is 12.6. The second kappa shape index (κ2) is 7.17. The highest BCUT2D eigenvalue weighted by molar-refractivity contribution is 8.13. The normalized spacial score (nSPS) is 25.1. The first kappa shape index (κ1) is 18.3. The van der Waals surface area contributed by atoms with E-state index in [1.807, 2.05) is 0 Å². The predicted molar refractivity (Wildman–Crippen MR) is 98.2 cm³/mol. The predicted octanol–water partition coefficient (Wildman–Crippen LogP) is 2.28. The number of nitrogens with zero attached hydrogens (tertiary/aromatic N) is 4. The van der Waals surface area contributed by atoms with Gasteiger partial charge in [-0.2, -0.15) is 13.9 Å². The smallest absolute Gasteiger partial charge is 0.333 e. The molecule has 3 N–H and O–H groups in total. The number of anilines is 1. The number of hydrogen-bond acceptors (Lipinski definition) is 8. The van der Waals surface area contributed by atoms with Crippen LogP contribution in [0, 0.1) is 5.92 Å². The van der Waals surface area contributed by atoms with Gasteiger partial charge >= 0.3 is 6.55 Å². The number of thiazole rings is 1. The Bertz CT molecular complexity index is 885. The zero-order chi connectivity index (χ0) is 19.0. The van der Waals surface area contributed by atoms with Crippen molar-refractivity contribution in [2.45, 2.75) is 18.5 Å². The first-order valence-electron chi connectivity index (χ1n) is 8.13. The second-order valence-corrected chi connectivity index (χ2v) is 8.10. The van der Waals surface area contributed by atoms with Crippen molar-refractivity contribution in [1.82, 2.24) is 14.8 Å². The van der Waals surface area contributed by atoms with E-state index in [0.717, 1.165) is 24.6 Å². The number of amides is 1. The van der Waals surface area contributed by atoms with Crippen LogP contribution in [0.25, 0.3) is 0 Å². The molecular weight excluding hydrogens is 398 g/mol. The Morgan fingerprint density at radius 1 is 1.52 bits per heavy atom. The molecule has 0 bridgehead atoms. The molecule has 4 rings (SSSR count). The number of halogens is 2. The van der Waals surface area contributed by atoms with Gasteiger partial charge in [0.2, 0.25) is 0 Å². The number of alkyl halides is 2. The number of fused-ring (bicyclic) bond motifs is 1. The lowest BCUT2D eigenvalue weighted by molar-refractivity contribution is 0.00448. The molecule has 2 aliphatic rings. The zero-order valence-corrected chi connectivity index (χ0v) is 15.6. The Labute approximate surface area is 161 Å². The molecule has 2 aliphatic heterocycles. The van der Waals surface area contributed by atoms with Crippen molar-refractivity contribution in [3.63, 3.8) is 0 Å². The molecule has 2 aromatic rings. The summed E-state index contributed by atoms with van der Waals surface area (Å²) in [6.07, 6.45) is 2.93. The maximum atomic E-state index is 12.6. The van der Waals surface area contributed by atoms with Gasteiger partial charge in [0.25, 0.3) is 5.91 Å². The summed E-state index contributed by atoms with van der Waals surface area (Å²) in [6, 6.07) is 0. The molecule has 0 aromatic carbocycles. The summed E-state index contributed by atoms with van der Waals surface area (Å²) < 4.78 is 31.3. The second-order valence-electron chi connectivity index (χ2n) is 6.20. The van der Waals surface area contributed by atoms with E-state index in [1.165, 1.54) is 23.1 Å². The summed E-state index contributed by atoms with van der Waals surface area (Å²) in [7, 11) is 0. The summed E-state index contributed by atoms with van der Waals surface area (Å²) >= 11 is 2.89. The molecule has 1 saturated heterocycles. The van der Waals surface area contributed by atoms with Crippen molar-refractivity contribution < 1.29 is 18.3 Å². The Morgan fingerprint density at radius 2 is 2.37 bits per heavy atom. The van der Waals surface area contributed by atoms with E-state index < -0.39 is 18.0 Å². The van der Waals surface area contributed by atoms with E-state index in [0.29, 0.717) is 33.9 Å². The SMILES string of the molecule is NC1=NC2(c3nc(NC(=O)c4cnn(C(F)F)c4)cs3)COCCC2CS1. The van der Waals surface area contributed by atoms with Crippen LogP contribution in [0.5, 0.6) is 0 Å². The van der Waals surface area contributed by atoms with E-state index >= 15 is 0 Å². The van der Waals surface area contributed by atoms with E-state index in [9.17, 15) is 13.6 Å². The Kier molecular flexibility index (Phi) is 4.86. The lowest BCUT2D eigenvalue weighted by Gasteiger charge is -2.41. The molecule has 12 heteroatoms. The molecule has 0 saturated carbocycles. The van der Waals surface area contributed by atoms with Crippen LogP contribution in [0.1, 0.15) is 28.3 Å². The largest absolute Gasteiger partial charge is 0.379 e. The molecule has 144 valence electrons. The van der Waals surface area contributed by atoms with Crippen LogP contribution in [0.3, 0.4) is 0 Å². The number of thioether (sulfide) groups is 1. The van der Waals surface area contributed by atoms with Gasteiger partial charge in [-0.05, 0) is 6.42 Å². The van der Waals surface area contributed by atoms with Crippen LogP contribution >= 0.6 is 23.1 Å². The molecule has 27 heavy (non-hydrogen) atoms. The molecule has 0 spiro atoms. The van der Waals surface area contributed by atoms with Crippen molar-refractivity contribution in [3.05, 3.63) is 28.3 Å². The van der Waals surface area contributed by atoms with Gasteiger partial charge in [0, 0.05) is 29.9 Å². The van der Waals surface area contributed by atoms with Crippen LogP contribution in [0.4, 0.5) is 14.6 Å². The molecule has 1 fully saturated rings.